The maximum absolute atomic E-state index is 12.1. The van der Waals surface area contributed by atoms with E-state index in [0.717, 1.165) is 36.5 Å². The lowest BCUT2D eigenvalue weighted by Gasteiger charge is -2.28. The quantitative estimate of drug-likeness (QED) is 0.745. The van der Waals surface area contributed by atoms with Crippen LogP contribution in [0.25, 0.3) is 0 Å². The zero-order valence-corrected chi connectivity index (χ0v) is 9.94. The van der Waals surface area contributed by atoms with Gasteiger partial charge >= 0.3 is 0 Å². The molecule has 2 aliphatic heterocycles. The summed E-state index contributed by atoms with van der Waals surface area (Å²) in [4.78, 5) is 12.1. The molecule has 0 spiro atoms. The van der Waals surface area contributed by atoms with E-state index in [2.05, 4.69) is 0 Å². The smallest absolute Gasteiger partial charge is 0.170 e. The Hall–Kier alpha value is -1.35. The van der Waals surface area contributed by atoms with Crippen molar-refractivity contribution in [1.82, 2.24) is 0 Å². The average Bonchev–Trinajstić information content (AvgIpc) is 2.83. The molecule has 0 saturated carbocycles. The van der Waals surface area contributed by atoms with E-state index in [1.54, 1.807) is 0 Å². The number of carbonyl (C=O) groups is 1. The third-order valence-electron chi connectivity index (χ3n) is 3.59. The van der Waals surface area contributed by atoms with Crippen molar-refractivity contribution in [2.45, 2.75) is 25.9 Å². The summed E-state index contributed by atoms with van der Waals surface area (Å²) in [5.41, 5.74) is 1.84. The number of ketones is 1. The molecule has 3 rings (SSSR count). The van der Waals surface area contributed by atoms with Crippen molar-refractivity contribution < 1.29 is 14.3 Å². The van der Waals surface area contributed by atoms with Crippen LogP contribution in [0.1, 0.15) is 28.8 Å². The number of benzene rings is 1. The summed E-state index contributed by atoms with van der Waals surface area (Å²) < 4.78 is 11.3. The van der Waals surface area contributed by atoms with Gasteiger partial charge in [0, 0.05) is 18.9 Å². The number of hydrogen-bond donors (Lipinski definition) is 0. The first-order valence-electron chi connectivity index (χ1n) is 6.12. The first-order chi connectivity index (χ1) is 8.24. The number of aryl methyl sites for hydroxylation is 1. The number of fused-ring (bicyclic) bond motifs is 1. The second kappa shape index (κ2) is 4.15. The van der Waals surface area contributed by atoms with E-state index < -0.39 is 0 Å². The normalized spacial score (nSPS) is 27.7. The molecule has 1 saturated heterocycles. The summed E-state index contributed by atoms with van der Waals surface area (Å²) in [7, 11) is 0. The van der Waals surface area contributed by atoms with E-state index in [4.69, 9.17) is 9.47 Å². The van der Waals surface area contributed by atoms with E-state index in [1.807, 2.05) is 25.1 Å². The van der Waals surface area contributed by atoms with Crippen LogP contribution in [0.2, 0.25) is 0 Å². The molecule has 3 heteroatoms. The van der Waals surface area contributed by atoms with Crippen LogP contribution >= 0.6 is 0 Å². The topological polar surface area (TPSA) is 35.5 Å². The van der Waals surface area contributed by atoms with Crippen LogP contribution in [-0.4, -0.2) is 25.1 Å². The van der Waals surface area contributed by atoms with Crippen molar-refractivity contribution in [3.8, 4) is 5.75 Å². The first kappa shape index (κ1) is 10.8. The summed E-state index contributed by atoms with van der Waals surface area (Å²) in [6.45, 7) is 3.50. The predicted octanol–water partition coefficient (Wildman–Crippen LogP) is 2.37. The van der Waals surface area contributed by atoms with Gasteiger partial charge in [-0.3, -0.25) is 4.79 Å². The van der Waals surface area contributed by atoms with Crippen LogP contribution in [0.3, 0.4) is 0 Å². The highest BCUT2D eigenvalue weighted by Crippen LogP contribution is 2.33. The SMILES string of the molecule is Cc1ccc2c(c1)C(=O)CC(C1CCOC1)O2. The summed E-state index contributed by atoms with van der Waals surface area (Å²) in [5, 5.41) is 0. The summed E-state index contributed by atoms with van der Waals surface area (Å²) >= 11 is 0. The standard InChI is InChI=1S/C14H16O3/c1-9-2-3-13-11(6-9)12(15)7-14(17-13)10-4-5-16-8-10/h2-3,6,10,14H,4-5,7-8H2,1H3. The molecule has 1 aromatic rings. The van der Waals surface area contributed by atoms with Gasteiger partial charge in [0.25, 0.3) is 0 Å². The zero-order chi connectivity index (χ0) is 11.8. The van der Waals surface area contributed by atoms with Crippen LogP contribution in [0, 0.1) is 12.8 Å². The second-order valence-corrected chi connectivity index (χ2v) is 4.91. The molecular weight excluding hydrogens is 216 g/mol. The Bertz CT molecular complexity index is 447. The highest BCUT2D eigenvalue weighted by atomic mass is 16.5. The van der Waals surface area contributed by atoms with Crippen LogP contribution in [-0.2, 0) is 4.74 Å². The fraction of sp³-hybridized carbons (Fsp3) is 0.500. The molecule has 3 nitrogen and oxygen atoms in total. The minimum Gasteiger partial charge on any atom is -0.489 e. The highest BCUT2D eigenvalue weighted by Gasteiger charge is 2.34. The Morgan fingerprint density at radius 3 is 3.00 bits per heavy atom. The summed E-state index contributed by atoms with van der Waals surface area (Å²) in [6, 6.07) is 5.81. The molecule has 2 heterocycles. The number of carbonyl (C=O) groups excluding carboxylic acids is 1. The Labute approximate surface area is 101 Å². The van der Waals surface area contributed by atoms with Crippen molar-refractivity contribution >= 4 is 5.78 Å². The van der Waals surface area contributed by atoms with E-state index >= 15 is 0 Å². The molecule has 1 fully saturated rings. The van der Waals surface area contributed by atoms with Crippen LogP contribution < -0.4 is 4.74 Å². The molecule has 0 amide bonds. The molecule has 0 N–H and O–H groups in total. The van der Waals surface area contributed by atoms with Gasteiger partial charge in [-0.1, -0.05) is 11.6 Å². The van der Waals surface area contributed by atoms with Gasteiger partial charge in [-0.05, 0) is 25.5 Å². The third-order valence-corrected chi connectivity index (χ3v) is 3.59. The van der Waals surface area contributed by atoms with Gasteiger partial charge < -0.3 is 9.47 Å². The van der Waals surface area contributed by atoms with E-state index in [0.29, 0.717) is 12.3 Å². The Balaban J connectivity index is 1.87. The van der Waals surface area contributed by atoms with Crippen LogP contribution in [0.4, 0.5) is 0 Å². The fourth-order valence-electron chi connectivity index (χ4n) is 2.57. The molecule has 17 heavy (non-hydrogen) atoms. The van der Waals surface area contributed by atoms with Gasteiger partial charge in [-0.15, -0.1) is 0 Å². The Morgan fingerprint density at radius 1 is 1.35 bits per heavy atom. The number of Topliss-reactive ketones (excluding diaryl/α,β-unsaturated/α-hetero) is 1. The lowest BCUT2D eigenvalue weighted by molar-refractivity contribution is 0.0693. The van der Waals surface area contributed by atoms with Gasteiger partial charge in [0.15, 0.2) is 5.78 Å². The molecule has 2 unspecified atom stereocenters. The minimum atomic E-state index is 0.000191. The summed E-state index contributed by atoms with van der Waals surface area (Å²) in [5.74, 6) is 1.31. The minimum absolute atomic E-state index is 0.000191. The fourth-order valence-corrected chi connectivity index (χ4v) is 2.57. The molecular formula is C14H16O3. The third kappa shape index (κ3) is 1.95. The molecule has 0 aromatic heterocycles. The van der Waals surface area contributed by atoms with Gasteiger partial charge in [0.2, 0.25) is 0 Å². The average molecular weight is 232 g/mol. The van der Waals surface area contributed by atoms with Crippen LogP contribution in [0.5, 0.6) is 5.75 Å². The molecule has 0 bridgehead atoms. The molecule has 0 radical (unpaired) electrons. The van der Waals surface area contributed by atoms with Crippen molar-refractivity contribution in [2.24, 2.45) is 5.92 Å². The zero-order valence-electron chi connectivity index (χ0n) is 9.94. The van der Waals surface area contributed by atoms with E-state index in [9.17, 15) is 4.79 Å². The van der Waals surface area contributed by atoms with Gasteiger partial charge in [0.05, 0.1) is 12.2 Å². The molecule has 90 valence electrons. The predicted molar refractivity (Wildman–Crippen MR) is 63.5 cm³/mol. The maximum Gasteiger partial charge on any atom is 0.170 e. The van der Waals surface area contributed by atoms with Gasteiger partial charge in [0.1, 0.15) is 11.9 Å². The van der Waals surface area contributed by atoms with Crippen molar-refractivity contribution in [3.05, 3.63) is 29.3 Å². The highest BCUT2D eigenvalue weighted by molar-refractivity contribution is 6.00. The molecule has 1 aromatic carbocycles. The number of hydrogen-bond acceptors (Lipinski definition) is 3. The van der Waals surface area contributed by atoms with Gasteiger partial charge in [-0.25, -0.2) is 0 Å². The molecule has 2 aliphatic rings. The Morgan fingerprint density at radius 2 is 2.24 bits per heavy atom. The lowest BCUT2D eigenvalue weighted by Crippen LogP contribution is -2.34. The maximum atomic E-state index is 12.1. The van der Waals surface area contributed by atoms with Crippen molar-refractivity contribution in [1.29, 1.82) is 0 Å². The van der Waals surface area contributed by atoms with E-state index in [1.165, 1.54) is 0 Å². The second-order valence-electron chi connectivity index (χ2n) is 4.91. The Kier molecular flexibility index (Phi) is 2.63. The number of rotatable bonds is 1. The first-order valence-corrected chi connectivity index (χ1v) is 6.12. The molecule has 0 aliphatic carbocycles. The molecule has 2 atom stereocenters. The number of ether oxygens (including phenoxy) is 2. The lowest BCUT2D eigenvalue weighted by atomic mass is 9.91. The largest absolute Gasteiger partial charge is 0.489 e. The van der Waals surface area contributed by atoms with Crippen LogP contribution in [0.15, 0.2) is 18.2 Å². The van der Waals surface area contributed by atoms with Gasteiger partial charge in [-0.2, -0.15) is 0 Å². The van der Waals surface area contributed by atoms with E-state index in [-0.39, 0.29) is 11.9 Å². The van der Waals surface area contributed by atoms with Crippen molar-refractivity contribution in [3.63, 3.8) is 0 Å². The summed E-state index contributed by atoms with van der Waals surface area (Å²) in [6.07, 6.45) is 1.49. The monoisotopic (exact) mass is 232 g/mol. The van der Waals surface area contributed by atoms with Crippen molar-refractivity contribution in [2.75, 3.05) is 13.2 Å².